The van der Waals surface area contributed by atoms with E-state index in [1.54, 1.807) is 0 Å². The Hall–Kier alpha value is -1.79. The minimum atomic E-state index is 0.513. The Labute approximate surface area is 121 Å². The molecule has 3 heteroatoms. The van der Waals surface area contributed by atoms with Gasteiger partial charge in [0.2, 0.25) is 0 Å². The third-order valence-corrected chi connectivity index (χ3v) is 3.89. The summed E-state index contributed by atoms with van der Waals surface area (Å²) in [5, 5.41) is 8.83. The van der Waals surface area contributed by atoms with Crippen molar-refractivity contribution in [2.45, 2.75) is 20.5 Å². The van der Waals surface area contributed by atoms with Gasteiger partial charge in [0.1, 0.15) is 12.4 Å². The zero-order valence-corrected chi connectivity index (χ0v) is 12.5. The van der Waals surface area contributed by atoms with Gasteiger partial charge in [-0.2, -0.15) is 5.26 Å². The van der Waals surface area contributed by atoms with Crippen LogP contribution in [0.4, 0.5) is 0 Å². The molecule has 2 aromatic carbocycles. The fourth-order valence-corrected chi connectivity index (χ4v) is 2.04. The zero-order valence-electron chi connectivity index (χ0n) is 10.9. The van der Waals surface area contributed by atoms with Crippen molar-refractivity contribution in [2.24, 2.45) is 0 Å². The molecule has 0 N–H and O–H groups in total. The molecule has 0 fully saturated rings. The summed E-state index contributed by atoms with van der Waals surface area (Å²) in [6, 6.07) is 13.7. The maximum atomic E-state index is 8.83. The fraction of sp³-hybridized carbons (Fsp3) is 0.188. The maximum Gasteiger partial charge on any atom is 0.120 e. The second-order valence-corrected chi connectivity index (χ2v) is 5.31. The van der Waals surface area contributed by atoms with Gasteiger partial charge in [-0.1, -0.05) is 22.0 Å². The molecule has 0 radical (unpaired) electrons. The van der Waals surface area contributed by atoms with Crippen LogP contribution in [0.2, 0.25) is 0 Å². The predicted molar refractivity (Wildman–Crippen MR) is 79.1 cm³/mol. The molecule has 0 saturated carbocycles. The monoisotopic (exact) mass is 315 g/mol. The minimum absolute atomic E-state index is 0.513. The third kappa shape index (κ3) is 3.36. The molecule has 96 valence electrons. The van der Waals surface area contributed by atoms with Crippen molar-refractivity contribution >= 4 is 15.9 Å². The number of benzene rings is 2. The molecule has 0 atom stereocenters. The number of rotatable bonds is 3. The van der Waals surface area contributed by atoms with Gasteiger partial charge in [-0.15, -0.1) is 0 Å². The van der Waals surface area contributed by atoms with Crippen molar-refractivity contribution in [1.82, 2.24) is 0 Å². The van der Waals surface area contributed by atoms with Gasteiger partial charge in [0.25, 0.3) is 0 Å². The molecule has 0 spiro atoms. The molecule has 0 aliphatic carbocycles. The molecule has 19 heavy (non-hydrogen) atoms. The molecule has 2 aromatic rings. The van der Waals surface area contributed by atoms with E-state index in [1.807, 2.05) is 50.2 Å². The standard InChI is InChI=1S/C16H14BrNO/c1-11-7-13(9-18)3-4-14(11)10-19-15-5-6-16(17)12(2)8-15/h3-8H,10H2,1-2H3. The molecule has 0 unspecified atom stereocenters. The van der Waals surface area contributed by atoms with E-state index >= 15 is 0 Å². The highest BCUT2D eigenvalue weighted by atomic mass is 79.9. The van der Waals surface area contributed by atoms with Crippen LogP contribution in [-0.2, 0) is 6.61 Å². The molecule has 0 aliphatic heterocycles. The van der Waals surface area contributed by atoms with E-state index in [0.29, 0.717) is 12.2 Å². The SMILES string of the molecule is Cc1cc(OCc2ccc(C#N)cc2C)ccc1Br. The van der Waals surface area contributed by atoms with Crippen LogP contribution in [0.3, 0.4) is 0 Å². The summed E-state index contributed by atoms with van der Waals surface area (Å²) in [4.78, 5) is 0. The molecule has 0 amide bonds. The van der Waals surface area contributed by atoms with Gasteiger partial charge in [-0.25, -0.2) is 0 Å². The van der Waals surface area contributed by atoms with Gasteiger partial charge in [-0.3, -0.25) is 0 Å². The number of hydrogen-bond donors (Lipinski definition) is 0. The van der Waals surface area contributed by atoms with Crippen LogP contribution in [0, 0.1) is 25.2 Å². The van der Waals surface area contributed by atoms with Crippen molar-refractivity contribution in [1.29, 1.82) is 5.26 Å². The summed E-state index contributed by atoms with van der Waals surface area (Å²) in [6.07, 6.45) is 0. The van der Waals surface area contributed by atoms with Gasteiger partial charge >= 0.3 is 0 Å². The van der Waals surface area contributed by atoms with E-state index in [4.69, 9.17) is 10.00 Å². The number of aryl methyl sites for hydroxylation is 2. The number of hydrogen-bond acceptors (Lipinski definition) is 2. The first-order valence-corrected chi connectivity index (χ1v) is 6.78. The largest absolute Gasteiger partial charge is 0.489 e. The van der Waals surface area contributed by atoms with E-state index in [2.05, 4.69) is 22.0 Å². The van der Waals surface area contributed by atoms with Gasteiger partial charge in [0, 0.05) is 4.47 Å². The van der Waals surface area contributed by atoms with E-state index in [1.165, 1.54) is 0 Å². The Morgan fingerprint density at radius 3 is 2.53 bits per heavy atom. The summed E-state index contributed by atoms with van der Waals surface area (Å²) >= 11 is 3.47. The molecule has 2 rings (SSSR count). The van der Waals surface area contributed by atoms with Crippen molar-refractivity contribution in [3.05, 3.63) is 63.1 Å². The van der Waals surface area contributed by atoms with Crippen LogP contribution in [-0.4, -0.2) is 0 Å². The maximum absolute atomic E-state index is 8.83. The second kappa shape index (κ2) is 5.90. The Bertz CT molecular complexity index is 644. The smallest absolute Gasteiger partial charge is 0.120 e. The lowest BCUT2D eigenvalue weighted by atomic mass is 10.1. The van der Waals surface area contributed by atoms with Gasteiger partial charge in [0.15, 0.2) is 0 Å². The number of nitrogens with zero attached hydrogens (tertiary/aromatic N) is 1. The Balaban J connectivity index is 2.10. The number of nitriles is 1. The molecule has 0 bridgehead atoms. The molecule has 0 saturated heterocycles. The number of ether oxygens (including phenoxy) is 1. The number of halogens is 1. The first kappa shape index (κ1) is 13.6. The van der Waals surface area contributed by atoms with E-state index in [9.17, 15) is 0 Å². The van der Waals surface area contributed by atoms with E-state index < -0.39 is 0 Å². The first-order valence-electron chi connectivity index (χ1n) is 5.99. The van der Waals surface area contributed by atoms with Crippen molar-refractivity contribution in [3.8, 4) is 11.8 Å². The zero-order chi connectivity index (χ0) is 13.8. The Morgan fingerprint density at radius 2 is 1.89 bits per heavy atom. The van der Waals surface area contributed by atoms with Crippen LogP contribution in [0.5, 0.6) is 5.75 Å². The van der Waals surface area contributed by atoms with Gasteiger partial charge in [-0.05, 0) is 60.9 Å². The first-order chi connectivity index (χ1) is 9.10. The summed E-state index contributed by atoms with van der Waals surface area (Å²) in [7, 11) is 0. The molecule has 0 aliphatic rings. The van der Waals surface area contributed by atoms with Crippen LogP contribution in [0.25, 0.3) is 0 Å². The summed E-state index contributed by atoms with van der Waals surface area (Å²) in [5.41, 5.74) is 4.00. The summed E-state index contributed by atoms with van der Waals surface area (Å²) < 4.78 is 6.86. The lowest BCUT2D eigenvalue weighted by molar-refractivity contribution is 0.305. The molecular formula is C16H14BrNO. The highest BCUT2D eigenvalue weighted by Gasteiger charge is 2.03. The predicted octanol–water partition coefficient (Wildman–Crippen LogP) is 4.52. The average molecular weight is 316 g/mol. The van der Waals surface area contributed by atoms with E-state index in [0.717, 1.165) is 26.9 Å². The second-order valence-electron chi connectivity index (χ2n) is 4.45. The normalized spacial score (nSPS) is 10.0. The molecular weight excluding hydrogens is 302 g/mol. The van der Waals surface area contributed by atoms with Crippen LogP contribution in [0.15, 0.2) is 40.9 Å². The van der Waals surface area contributed by atoms with Crippen molar-refractivity contribution in [3.63, 3.8) is 0 Å². The Kier molecular flexibility index (Phi) is 4.24. The van der Waals surface area contributed by atoms with Crippen molar-refractivity contribution < 1.29 is 4.74 Å². The topological polar surface area (TPSA) is 33.0 Å². The summed E-state index contributed by atoms with van der Waals surface area (Å²) in [5.74, 6) is 0.851. The highest BCUT2D eigenvalue weighted by molar-refractivity contribution is 9.10. The molecule has 0 heterocycles. The lowest BCUT2D eigenvalue weighted by Gasteiger charge is -2.10. The quantitative estimate of drug-likeness (QED) is 0.834. The van der Waals surface area contributed by atoms with Crippen molar-refractivity contribution in [2.75, 3.05) is 0 Å². The molecule has 0 aromatic heterocycles. The Morgan fingerprint density at radius 1 is 1.11 bits per heavy atom. The summed E-state index contributed by atoms with van der Waals surface area (Å²) in [6.45, 7) is 4.54. The fourth-order valence-electron chi connectivity index (χ4n) is 1.80. The van der Waals surface area contributed by atoms with Crippen LogP contribution >= 0.6 is 15.9 Å². The third-order valence-electron chi connectivity index (χ3n) is 3.00. The van der Waals surface area contributed by atoms with Crippen LogP contribution in [0.1, 0.15) is 22.3 Å². The molecule has 2 nitrogen and oxygen atoms in total. The highest BCUT2D eigenvalue weighted by Crippen LogP contribution is 2.22. The van der Waals surface area contributed by atoms with Crippen LogP contribution < -0.4 is 4.74 Å². The van der Waals surface area contributed by atoms with E-state index in [-0.39, 0.29) is 0 Å². The van der Waals surface area contributed by atoms with Gasteiger partial charge in [0.05, 0.1) is 11.6 Å². The lowest BCUT2D eigenvalue weighted by Crippen LogP contribution is -1.98. The van der Waals surface area contributed by atoms with Gasteiger partial charge < -0.3 is 4.74 Å². The minimum Gasteiger partial charge on any atom is -0.489 e. The average Bonchev–Trinajstić information content (AvgIpc) is 2.41.